The molecule has 0 bridgehead atoms. The summed E-state index contributed by atoms with van der Waals surface area (Å²) in [7, 11) is 0. The highest BCUT2D eigenvalue weighted by Gasteiger charge is 2.43. The van der Waals surface area contributed by atoms with E-state index in [4.69, 9.17) is 0 Å². The molecule has 90 valence electrons. The Kier molecular flexibility index (Phi) is 2.43. The second-order valence-electron chi connectivity index (χ2n) is 4.67. The van der Waals surface area contributed by atoms with Gasteiger partial charge in [0.1, 0.15) is 0 Å². The Bertz CT molecular complexity index is 483. The topological polar surface area (TPSA) is 49.4 Å². The molecule has 1 N–H and O–H groups in total. The number of thiophene rings is 1. The lowest BCUT2D eigenvalue weighted by Gasteiger charge is -2.22. The highest BCUT2D eigenvalue weighted by molar-refractivity contribution is 7.12. The lowest BCUT2D eigenvalue weighted by Crippen LogP contribution is -2.38. The molecule has 3 rings (SSSR count). The van der Waals surface area contributed by atoms with Crippen LogP contribution < -0.4 is 5.32 Å². The van der Waals surface area contributed by atoms with Crippen LogP contribution in [-0.2, 0) is 4.79 Å². The summed E-state index contributed by atoms with van der Waals surface area (Å²) in [6.45, 7) is 2.71. The summed E-state index contributed by atoms with van der Waals surface area (Å²) < 4.78 is 0. The lowest BCUT2D eigenvalue weighted by molar-refractivity contribution is -0.119. The minimum absolute atomic E-state index is 0.0662. The normalized spacial score (nSPS) is 27.1. The molecule has 0 saturated carbocycles. The van der Waals surface area contributed by atoms with Gasteiger partial charge in [0.15, 0.2) is 0 Å². The fourth-order valence-corrected chi connectivity index (χ4v) is 3.58. The summed E-state index contributed by atoms with van der Waals surface area (Å²) in [5.41, 5.74) is 1.03. The van der Waals surface area contributed by atoms with Crippen molar-refractivity contribution in [3.63, 3.8) is 0 Å². The third-order valence-corrected chi connectivity index (χ3v) is 4.61. The van der Waals surface area contributed by atoms with Gasteiger partial charge in [-0.1, -0.05) is 0 Å². The SMILES string of the molecule is Cc1ccsc1C(=O)N1CC[C@H]2NC(=O)C[C@@H]21. The molecular formula is C12H14N2O2S. The van der Waals surface area contributed by atoms with Crippen molar-refractivity contribution in [1.29, 1.82) is 0 Å². The van der Waals surface area contributed by atoms with E-state index in [0.29, 0.717) is 6.42 Å². The fourth-order valence-electron chi connectivity index (χ4n) is 2.70. The van der Waals surface area contributed by atoms with Gasteiger partial charge < -0.3 is 10.2 Å². The molecule has 2 saturated heterocycles. The van der Waals surface area contributed by atoms with Crippen LogP contribution in [0.25, 0.3) is 0 Å². The number of nitrogens with one attached hydrogen (secondary N) is 1. The number of hydrogen-bond donors (Lipinski definition) is 1. The zero-order valence-corrected chi connectivity index (χ0v) is 10.4. The summed E-state index contributed by atoms with van der Waals surface area (Å²) in [6.07, 6.45) is 1.34. The average Bonchev–Trinajstić information content (AvgIpc) is 2.92. The Morgan fingerprint density at radius 3 is 3.12 bits per heavy atom. The first-order valence-electron chi connectivity index (χ1n) is 5.81. The summed E-state index contributed by atoms with van der Waals surface area (Å²) >= 11 is 1.48. The number of amides is 2. The molecule has 0 spiro atoms. The molecule has 0 unspecified atom stereocenters. The molecule has 4 nitrogen and oxygen atoms in total. The van der Waals surface area contributed by atoms with E-state index in [-0.39, 0.29) is 23.9 Å². The Balaban J connectivity index is 1.84. The van der Waals surface area contributed by atoms with E-state index in [1.165, 1.54) is 11.3 Å². The Hall–Kier alpha value is -1.36. The average molecular weight is 250 g/mol. The van der Waals surface area contributed by atoms with E-state index < -0.39 is 0 Å². The first-order chi connectivity index (χ1) is 8.16. The van der Waals surface area contributed by atoms with Crippen molar-refractivity contribution in [2.24, 2.45) is 0 Å². The highest BCUT2D eigenvalue weighted by Crippen LogP contribution is 2.29. The van der Waals surface area contributed by atoms with E-state index >= 15 is 0 Å². The number of carbonyl (C=O) groups excluding carboxylic acids is 2. The third kappa shape index (κ3) is 1.65. The van der Waals surface area contributed by atoms with Crippen LogP contribution in [0.4, 0.5) is 0 Å². The molecule has 1 aromatic heterocycles. The third-order valence-electron chi connectivity index (χ3n) is 3.60. The smallest absolute Gasteiger partial charge is 0.264 e. The molecule has 5 heteroatoms. The molecule has 0 aromatic carbocycles. The summed E-state index contributed by atoms with van der Waals surface area (Å²) in [6, 6.07) is 2.20. The maximum atomic E-state index is 12.4. The van der Waals surface area contributed by atoms with Crippen molar-refractivity contribution in [3.8, 4) is 0 Å². The Morgan fingerprint density at radius 2 is 2.41 bits per heavy atom. The Labute approximate surface area is 104 Å². The first-order valence-corrected chi connectivity index (χ1v) is 6.69. The molecule has 0 radical (unpaired) electrons. The van der Waals surface area contributed by atoms with Crippen LogP contribution in [0.15, 0.2) is 11.4 Å². The number of fused-ring (bicyclic) bond motifs is 1. The monoisotopic (exact) mass is 250 g/mol. The quantitative estimate of drug-likeness (QED) is 0.813. The number of nitrogens with zero attached hydrogens (tertiary/aromatic N) is 1. The molecule has 2 amide bonds. The van der Waals surface area contributed by atoms with Crippen molar-refractivity contribution in [3.05, 3.63) is 21.9 Å². The van der Waals surface area contributed by atoms with Gasteiger partial charge in [-0.3, -0.25) is 9.59 Å². The molecule has 2 atom stereocenters. The number of likely N-dealkylation sites (tertiary alicyclic amines) is 1. The van der Waals surface area contributed by atoms with E-state index in [1.54, 1.807) is 0 Å². The van der Waals surface area contributed by atoms with Crippen molar-refractivity contribution < 1.29 is 9.59 Å². The largest absolute Gasteiger partial charge is 0.351 e. The van der Waals surface area contributed by atoms with Gasteiger partial charge in [0, 0.05) is 13.0 Å². The van der Waals surface area contributed by atoms with Crippen LogP contribution in [0.3, 0.4) is 0 Å². The van der Waals surface area contributed by atoms with Crippen LogP contribution in [-0.4, -0.2) is 35.3 Å². The van der Waals surface area contributed by atoms with Gasteiger partial charge in [-0.15, -0.1) is 11.3 Å². The Morgan fingerprint density at radius 1 is 1.59 bits per heavy atom. The van der Waals surface area contributed by atoms with Gasteiger partial charge in [0.25, 0.3) is 5.91 Å². The molecule has 2 aliphatic heterocycles. The zero-order chi connectivity index (χ0) is 12.0. The van der Waals surface area contributed by atoms with Gasteiger partial charge in [0.2, 0.25) is 5.91 Å². The van der Waals surface area contributed by atoms with E-state index in [0.717, 1.165) is 23.4 Å². The van der Waals surface area contributed by atoms with Gasteiger partial charge in [-0.25, -0.2) is 0 Å². The minimum Gasteiger partial charge on any atom is -0.351 e. The molecule has 0 aliphatic carbocycles. The zero-order valence-electron chi connectivity index (χ0n) is 9.60. The molecule has 2 aliphatic rings. The van der Waals surface area contributed by atoms with Crippen molar-refractivity contribution in [1.82, 2.24) is 10.2 Å². The standard InChI is InChI=1S/C12H14N2O2S/c1-7-3-5-17-11(7)12(16)14-4-2-8-9(14)6-10(15)13-8/h3,5,8-9H,2,4,6H2,1H3,(H,13,15)/t8-,9+/m1/s1. The molecule has 2 fully saturated rings. The van der Waals surface area contributed by atoms with Gasteiger partial charge in [0.05, 0.1) is 17.0 Å². The number of aryl methyl sites for hydroxylation is 1. The predicted molar refractivity (Wildman–Crippen MR) is 65.0 cm³/mol. The van der Waals surface area contributed by atoms with Crippen molar-refractivity contribution in [2.75, 3.05) is 6.54 Å². The van der Waals surface area contributed by atoms with Crippen molar-refractivity contribution in [2.45, 2.75) is 31.8 Å². The summed E-state index contributed by atoms with van der Waals surface area (Å²) in [5.74, 6) is 0.155. The lowest BCUT2D eigenvalue weighted by atomic mass is 10.1. The van der Waals surface area contributed by atoms with Gasteiger partial charge in [-0.05, 0) is 30.4 Å². The van der Waals surface area contributed by atoms with E-state index in [1.807, 2.05) is 23.3 Å². The molecule has 3 heterocycles. The van der Waals surface area contributed by atoms with E-state index in [2.05, 4.69) is 5.32 Å². The molecule has 17 heavy (non-hydrogen) atoms. The minimum atomic E-state index is 0.0662. The molecule has 1 aromatic rings. The first kappa shape index (κ1) is 10.8. The summed E-state index contributed by atoms with van der Waals surface area (Å²) in [4.78, 5) is 26.4. The van der Waals surface area contributed by atoms with Crippen molar-refractivity contribution >= 4 is 23.2 Å². The second kappa shape index (κ2) is 3.84. The van der Waals surface area contributed by atoms with E-state index in [9.17, 15) is 9.59 Å². The number of hydrogen-bond acceptors (Lipinski definition) is 3. The fraction of sp³-hybridized carbons (Fsp3) is 0.500. The predicted octanol–water partition coefficient (Wildman–Crippen LogP) is 1.16. The van der Waals surface area contributed by atoms with Crippen LogP contribution in [0, 0.1) is 6.92 Å². The van der Waals surface area contributed by atoms with Crippen LogP contribution in [0.5, 0.6) is 0 Å². The van der Waals surface area contributed by atoms with Crippen LogP contribution in [0.1, 0.15) is 28.1 Å². The van der Waals surface area contributed by atoms with Gasteiger partial charge in [-0.2, -0.15) is 0 Å². The van der Waals surface area contributed by atoms with Crippen LogP contribution >= 0.6 is 11.3 Å². The number of rotatable bonds is 1. The number of carbonyl (C=O) groups is 2. The maximum Gasteiger partial charge on any atom is 0.264 e. The maximum absolute atomic E-state index is 12.4. The highest BCUT2D eigenvalue weighted by atomic mass is 32.1. The van der Waals surface area contributed by atoms with Gasteiger partial charge >= 0.3 is 0 Å². The molecular weight excluding hydrogens is 236 g/mol. The summed E-state index contributed by atoms with van der Waals surface area (Å²) in [5, 5.41) is 4.87. The van der Waals surface area contributed by atoms with Crippen LogP contribution in [0.2, 0.25) is 0 Å². The second-order valence-corrected chi connectivity index (χ2v) is 5.58.